The Morgan fingerprint density at radius 2 is 2.00 bits per heavy atom. The van der Waals surface area contributed by atoms with Gasteiger partial charge in [0, 0.05) is 18.5 Å². The molecule has 1 aliphatic rings. The highest BCUT2D eigenvalue weighted by molar-refractivity contribution is 5.80. The predicted octanol–water partition coefficient (Wildman–Crippen LogP) is 2.41. The minimum Gasteiger partial charge on any atom is -0.409 e. The highest BCUT2D eigenvalue weighted by Crippen LogP contribution is 2.29. The number of nitrogens with zero attached hydrogens (tertiary/aromatic N) is 2. The molecule has 100 valence electrons. The van der Waals surface area contributed by atoms with Crippen molar-refractivity contribution >= 4 is 5.84 Å². The average Bonchev–Trinajstić information content (AvgIpc) is 2.37. The Hall–Kier alpha value is -0.770. The third-order valence-electron chi connectivity index (χ3n) is 4.30. The van der Waals surface area contributed by atoms with Crippen molar-refractivity contribution in [2.75, 3.05) is 7.05 Å². The third kappa shape index (κ3) is 4.19. The monoisotopic (exact) mass is 241 g/mol. The first-order valence-corrected chi connectivity index (χ1v) is 6.76. The molecule has 4 heteroatoms. The fourth-order valence-electron chi connectivity index (χ4n) is 2.81. The first-order chi connectivity index (χ1) is 8.08. The molecule has 0 amide bonds. The fraction of sp³-hybridized carbons (Fsp3) is 0.923. The standard InChI is InChI=1S/C13H27N3O/c1-4-11-5-7-12(8-6-11)16(3)10(2)9-13(14)15-17/h10-12,17H,4-9H2,1-3H3,(H2,14,15). The SMILES string of the molecule is CCC1CCC(N(C)C(C)C/C(N)=N/O)CC1. The topological polar surface area (TPSA) is 61.8 Å². The third-order valence-corrected chi connectivity index (χ3v) is 4.30. The summed E-state index contributed by atoms with van der Waals surface area (Å²) in [6.45, 7) is 4.43. The van der Waals surface area contributed by atoms with Crippen LogP contribution in [0.3, 0.4) is 0 Å². The molecule has 1 aliphatic carbocycles. The summed E-state index contributed by atoms with van der Waals surface area (Å²) in [6.07, 6.45) is 7.23. The van der Waals surface area contributed by atoms with Crippen LogP contribution in [-0.2, 0) is 0 Å². The van der Waals surface area contributed by atoms with Crippen LogP contribution in [0.25, 0.3) is 0 Å². The number of oxime groups is 1. The van der Waals surface area contributed by atoms with Crippen molar-refractivity contribution in [1.82, 2.24) is 4.90 Å². The number of nitrogens with two attached hydrogens (primary N) is 1. The van der Waals surface area contributed by atoms with Gasteiger partial charge >= 0.3 is 0 Å². The molecule has 17 heavy (non-hydrogen) atoms. The zero-order valence-corrected chi connectivity index (χ0v) is 11.4. The molecular formula is C13H27N3O. The molecule has 0 aromatic heterocycles. The van der Waals surface area contributed by atoms with Crippen LogP contribution in [-0.4, -0.2) is 35.1 Å². The summed E-state index contributed by atoms with van der Waals surface area (Å²) in [5.74, 6) is 1.26. The van der Waals surface area contributed by atoms with E-state index in [9.17, 15) is 0 Å². The number of hydrogen-bond donors (Lipinski definition) is 2. The van der Waals surface area contributed by atoms with Gasteiger partial charge in [-0.15, -0.1) is 0 Å². The molecule has 0 aromatic rings. The number of rotatable bonds is 5. The van der Waals surface area contributed by atoms with Crippen LogP contribution >= 0.6 is 0 Å². The quantitative estimate of drug-likeness (QED) is 0.336. The molecule has 1 atom stereocenters. The van der Waals surface area contributed by atoms with Gasteiger partial charge < -0.3 is 15.8 Å². The molecule has 4 nitrogen and oxygen atoms in total. The van der Waals surface area contributed by atoms with Crippen LogP contribution in [0.4, 0.5) is 0 Å². The van der Waals surface area contributed by atoms with Gasteiger partial charge in [-0.1, -0.05) is 18.5 Å². The molecule has 1 saturated carbocycles. The van der Waals surface area contributed by atoms with E-state index in [1.54, 1.807) is 0 Å². The molecule has 0 saturated heterocycles. The zero-order valence-electron chi connectivity index (χ0n) is 11.4. The summed E-state index contributed by atoms with van der Waals surface area (Å²) >= 11 is 0. The highest BCUT2D eigenvalue weighted by Gasteiger charge is 2.25. The summed E-state index contributed by atoms with van der Waals surface area (Å²) in [7, 11) is 2.16. The average molecular weight is 241 g/mol. The molecule has 0 aromatic carbocycles. The van der Waals surface area contributed by atoms with Crippen molar-refractivity contribution < 1.29 is 5.21 Å². The maximum absolute atomic E-state index is 8.59. The lowest BCUT2D eigenvalue weighted by Gasteiger charge is -2.37. The minimum atomic E-state index is 0.326. The predicted molar refractivity (Wildman–Crippen MR) is 71.3 cm³/mol. The molecule has 1 unspecified atom stereocenters. The van der Waals surface area contributed by atoms with E-state index in [0.717, 1.165) is 5.92 Å². The van der Waals surface area contributed by atoms with Gasteiger partial charge in [-0.3, -0.25) is 0 Å². The second-order valence-electron chi connectivity index (χ2n) is 5.39. The van der Waals surface area contributed by atoms with Gasteiger partial charge in [-0.25, -0.2) is 0 Å². The van der Waals surface area contributed by atoms with Gasteiger partial charge in [0.15, 0.2) is 0 Å². The van der Waals surface area contributed by atoms with E-state index in [-0.39, 0.29) is 0 Å². The van der Waals surface area contributed by atoms with Crippen LogP contribution in [0.1, 0.15) is 52.4 Å². The van der Waals surface area contributed by atoms with E-state index < -0.39 is 0 Å². The van der Waals surface area contributed by atoms with Crippen molar-refractivity contribution in [2.24, 2.45) is 16.8 Å². The van der Waals surface area contributed by atoms with E-state index in [2.05, 4.69) is 31.0 Å². The lowest BCUT2D eigenvalue weighted by Crippen LogP contribution is -2.42. The van der Waals surface area contributed by atoms with E-state index in [0.29, 0.717) is 24.3 Å². The Labute approximate surface area is 105 Å². The number of amidine groups is 1. The molecule has 3 N–H and O–H groups in total. The van der Waals surface area contributed by atoms with Crippen LogP contribution < -0.4 is 5.73 Å². The second kappa shape index (κ2) is 6.84. The maximum Gasteiger partial charge on any atom is 0.140 e. The summed E-state index contributed by atoms with van der Waals surface area (Å²) in [4.78, 5) is 2.39. The summed E-state index contributed by atoms with van der Waals surface area (Å²) in [5.41, 5.74) is 5.56. The Morgan fingerprint density at radius 3 is 2.47 bits per heavy atom. The van der Waals surface area contributed by atoms with Gasteiger partial charge in [-0.05, 0) is 45.6 Å². The normalized spacial score (nSPS) is 28.4. The smallest absolute Gasteiger partial charge is 0.140 e. The molecule has 1 fully saturated rings. The van der Waals surface area contributed by atoms with Crippen LogP contribution in [0.5, 0.6) is 0 Å². The van der Waals surface area contributed by atoms with E-state index in [1.165, 1.54) is 32.1 Å². The number of hydrogen-bond acceptors (Lipinski definition) is 3. The van der Waals surface area contributed by atoms with E-state index >= 15 is 0 Å². The Morgan fingerprint density at radius 1 is 1.41 bits per heavy atom. The van der Waals surface area contributed by atoms with Gasteiger partial charge in [-0.2, -0.15) is 0 Å². The van der Waals surface area contributed by atoms with Crippen LogP contribution in [0.15, 0.2) is 5.16 Å². The van der Waals surface area contributed by atoms with Crippen LogP contribution in [0.2, 0.25) is 0 Å². The van der Waals surface area contributed by atoms with Crippen molar-refractivity contribution in [3.05, 3.63) is 0 Å². The van der Waals surface area contributed by atoms with Gasteiger partial charge in [0.1, 0.15) is 5.84 Å². The lowest BCUT2D eigenvalue weighted by molar-refractivity contribution is 0.128. The molecule has 0 bridgehead atoms. The molecule has 0 radical (unpaired) electrons. The Balaban J connectivity index is 2.39. The van der Waals surface area contributed by atoms with E-state index in [1.807, 2.05) is 0 Å². The molecule has 0 spiro atoms. The summed E-state index contributed by atoms with van der Waals surface area (Å²) in [5, 5.41) is 11.6. The lowest BCUT2D eigenvalue weighted by atomic mass is 9.83. The first kappa shape index (κ1) is 14.3. The van der Waals surface area contributed by atoms with Crippen molar-refractivity contribution in [3.8, 4) is 0 Å². The first-order valence-electron chi connectivity index (χ1n) is 6.76. The largest absolute Gasteiger partial charge is 0.409 e. The van der Waals surface area contributed by atoms with Crippen molar-refractivity contribution in [3.63, 3.8) is 0 Å². The van der Waals surface area contributed by atoms with Crippen LogP contribution in [0, 0.1) is 5.92 Å². The van der Waals surface area contributed by atoms with Gasteiger partial charge in [0.05, 0.1) is 0 Å². The summed E-state index contributed by atoms with van der Waals surface area (Å²) in [6, 6.07) is 1.01. The second-order valence-corrected chi connectivity index (χ2v) is 5.39. The fourth-order valence-corrected chi connectivity index (χ4v) is 2.81. The maximum atomic E-state index is 8.59. The molecule has 1 rings (SSSR count). The minimum absolute atomic E-state index is 0.326. The van der Waals surface area contributed by atoms with E-state index in [4.69, 9.17) is 10.9 Å². The van der Waals surface area contributed by atoms with Gasteiger partial charge in [0.25, 0.3) is 0 Å². The molecule has 0 heterocycles. The van der Waals surface area contributed by atoms with Crippen molar-refractivity contribution in [2.45, 2.75) is 64.5 Å². The van der Waals surface area contributed by atoms with Crippen molar-refractivity contribution in [1.29, 1.82) is 0 Å². The van der Waals surface area contributed by atoms with Gasteiger partial charge in [0.2, 0.25) is 0 Å². The molecular weight excluding hydrogens is 214 g/mol. The summed E-state index contributed by atoms with van der Waals surface area (Å²) < 4.78 is 0. The zero-order chi connectivity index (χ0) is 12.8. The molecule has 0 aliphatic heterocycles. The Kier molecular flexibility index (Phi) is 5.75. The highest BCUT2D eigenvalue weighted by atomic mass is 16.4. The Bertz CT molecular complexity index is 247.